The highest BCUT2D eigenvalue weighted by Crippen LogP contribution is 2.24. The molecule has 0 aliphatic carbocycles. The number of hydrogen-bond donors (Lipinski definition) is 1. The molecule has 0 saturated carbocycles. The topological polar surface area (TPSA) is 49.4 Å². The molecule has 0 unspecified atom stereocenters. The molecule has 1 aromatic rings. The number of hydrogen-bond acceptors (Lipinski definition) is 4. The summed E-state index contributed by atoms with van der Waals surface area (Å²) < 4.78 is 36.7. The molecule has 0 amide bonds. The summed E-state index contributed by atoms with van der Waals surface area (Å²) in [4.78, 5) is 2.26. The predicted octanol–water partition coefficient (Wildman–Crippen LogP) is 2.52. The number of nitrogens with zero attached hydrogens (tertiary/aromatic N) is 1. The second-order valence-electron chi connectivity index (χ2n) is 6.48. The van der Waals surface area contributed by atoms with Gasteiger partial charge in [-0.1, -0.05) is 6.92 Å². The molecule has 0 aromatic heterocycles. The van der Waals surface area contributed by atoms with Crippen molar-refractivity contribution in [2.24, 2.45) is 0 Å². The number of anilines is 1. The average Bonchev–Trinajstić information content (AvgIpc) is 2.46. The van der Waals surface area contributed by atoms with E-state index in [4.69, 9.17) is 0 Å². The number of nitrogens with one attached hydrogen (secondary N) is 1. The lowest BCUT2D eigenvalue weighted by Crippen LogP contribution is -2.50. The lowest BCUT2D eigenvalue weighted by Gasteiger charge is -2.37. The fourth-order valence-corrected chi connectivity index (χ4v) is 4.35. The van der Waals surface area contributed by atoms with Crippen molar-refractivity contribution in [2.75, 3.05) is 29.5 Å². The first kappa shape index (κ1) is 18.2. The first-order valence-corrected chi connectivity index (χ1v) is 10.1. The summed E-state index contributed by atoms with van der Waals surface area (Å²) in [5.41, 5.74) is 2.00. The summed E-state index contributed by atoms with van der Waals surface area (Å²) in [7, 11) is -2.96. The van der Waals surface area contributed by atoms with Crippen molar-refractivity contribution in [3.05, 3.63) is 29.6 Å². The highest BCUT2D eigenvalue weighted by atomic mass is 32.2. The Hall–Kier alpha value is -1.14. The number of halogens is 1. The van der Waals surface area contributed by atoms with E-state index >= 15 is 0 Å². The zero-order chi connectivity index (χ0) is 17.0. The zero-order valence-electron chi connectivity index (χ0n) is 14.2. The van der Waals surface area contributed by atoms with Crippen molar-refractivity contribution in [3.63, 3.8) is 0 Å². The monoisotopic (exact) mass is 342 g/mol. The van der Waals surface area contributed by atoms with Gasteiger partial charge < -0.3 is 10.2 Å². The maximum Gasteiger partial charge on any atom is 0.151 e. The number of rotatable bonds is 6. The van der Waals surface area contributed by atoms with Crippen LogP contribution in [0.5, 0.6) is 0 Å². The Morgan fingerprint density at radius 1 is 1.43 bits per heavy atom. The van der Waals surface area contributed by atoms with Gasteiger partial charge in [0.15, 0.2) is 9.84 Å². The molecular weight excluding hydrogens is 315 g/mol. The Kier molecular flexibility index (Phi) is 6.03. The van der Waals surface area contributed by atoms with E-state index in [1.54, 1.807) is 13.0 Å². The van der Waals surface area contributed by atoms with Crippen molar-refractivity contribution in [2.45, 2.75) is 45.7 Å². The van der Waals surface area contributed by atoms with Gasteiger partial charge in [0.2, 0.25) is 0 Å². The number of aryl methyl sites for hydroxylation is 1. The maximum absolute atomic E-state index is 13.3. The SMILES string of the molecule is CCS(=O)(=O)C[C@H](C)N[C@H]1CCCN(c2ccc(F)cc2C)C1. The summed E-state index contributed by atoms with van der Waals surface area (Å²) in [6, 6.07) is 5.09. The van der Waals surface area contributed by atoms with Crippen LogP contribution in [-0.2, 0) is 9.84 Å². The van der Waals surface area contributed by atoms with E-state index in [1.165, 1.54) is 6.07 Å². The van der Waals surface area contributed by atoms with Crippen LogP contribution in [0.2, 0.25) is 0 Å². The molecule has 130 valence electrons. The summed E-state index contributed by atoms with van der Waals surface area (Å²) in [6.07, 6.45) is 2.08. The Balaban J connectivity index is 1.98. The summed E-state index contributed by atoms with van der Waals surface area (Å²) in [5, 5.41) is 3.44. The van der Waals surface area contributed by atoms with E-state index in [-0.39, 0.29) is 29.4 Å². The van der Waals surface area contributed by atoms with Gasteiger partial charge >= 0.3 is 0 Å². The van der Waals surface area contributed by atoms with Crippen LogP contribution in [0.25, 0.3) is 0 Å². The maximum atomic E-state index is 13.3. The first-order chi connectivity index (χ1) is 10.8. The Bertz CT molecular complexity index is 633. The van der Waals surface area contributed by atoms with Crippen molar-refractivity contribution in [1.29, 1.82) is 0 Å². The molecule has 2 rings (SSSR count). The fourth-order valence-electron chi connectivity index (χ4n) is 3.25. The van der Waals surface area contributed by atoms with Gasteiger partial charge in [-0.2, -0.15) is 0 Å². The van der Waals surface area contributed by atoms with Crippen LogP contribution in [0.15, 0.2) is 18.2 Å². The third-order valence-electron chi connectivity index (χ3n) is 4.38. The summed E-state index contributed by atoms with van der Waals surface area (Å²) in [5.74, 6) is 0.150. The molecule has 4 nitrogen and oxygen atoms in total. The molecule has 1 aliphatic heterocycles. The molecule has 1 aromatic carbocycles. The summed E-state index contributed by atoms with van der Waals surface area (Å²) in [6.45, 7) is 7.30. The van der Waals surface area contributed by atoms with Crippen LogP contribution in [-0.4, -0.2) is 45.1 Å². The van der Waals surface area contributed by atoms with Crippen LogP contribution < -0.4 is 10.2 Å². The molecule has 1 N–H and O–H groups in total. The third kappa shape index (κ3) is 5.18. The third-order valence-corrected chi connectivity index (χ3v) is 6.27. The van der Waals surface area contributed by atoms with Crippen LogP contribution >= 0.6 is 0 Å². The molecule has 6 heteroatoms. The van der Waals surface area contributed by atoms with Crippen LogP contribution in [0, 0.1) is 12.7 Å². The smallest absolute Gasteiger partial charge is 0.151 e. The molecular formula is C17H27FN2O2S. The lowest BCUT2D eigenvalue weighted by atomic mass is 10.0. The molecule has 23 heavy (non-hydrogen) atoms. The van der Waals surface area contributed by atoms with Crippen molar-refractivity contribution < 1.29 is 12.8 Å². The molecule has 2 atom stereocenters. The van der Waals surface area contributed by atoms with E-state index in [1.807, 2.05) is 19.9 Å². The van der Waals surface area contributed by atoms with Gasteiger partial charge in [0.25, 0.3) is 0 Å². The Labute approximate surface area is 139 Å². The molecule has 0 radical (unpaired) electrons. The molecule has 1 aliphatic rings. The normalized spacial score (nSPS) is 20.5. The van der Waals surface area contributed by atoms with Gasteiger partial charge in [-0.3, -0.25) is 0 Å². The zero-order valence-corrected chi connectivity index (χ0v) is 15.0. The van der Waals surface area contributed by atoms with Crippen LogP contribution in [0.4, 0.5) is 10.1 Å². The van der Waals surface area contributed by atoms with Crippen LogP contribution in [0.1, 0.15) is 32.3 Å². The molecule has 0 spiro atoms. The second kappa shape index (κ2) is 7.62. The largest absolute Gasteiger partial charge is 0.370 e. The van der Waals surface area contributed by atoms with Gasteiger partial charge in [0.05, 0.1) is 5.75 Å². The molecule has 1 heterocycles. The minimum Gasteiger partial charge on any atom is -0.370 e. The Morgan fingerprint density at radius 2 is 2.17 bits per heavy atom. The minimum atomic E-state index is -2.96. The highest BCUT2D eigenvalue weighted by Gasteiger charge is 2.23. The lowest BCUT2D eigenvalue weighted by molar-refractivity contribution is 0.394. The highest BCUT2D eigenvalue weighted by molar-refractivity contribution is 7.91. The van der Waals surface area contributed by atoms with Gasteiger partial charge in [0, 0.05) is 36.6 Å². The molecule has 1 fully saturated rings. The molecule has 0 bridgehead atoms. The van der Waals surface area contributed by atoms with Gasteiger partial charge in [-0.25, -0.2) is 12.8 Å². The minimum absolute atomic E-state index is 0.0563. The fraction of sp³-hybridized carbons (Fsp3) is 0.647. The van der Waals surface area contributed by atoms with E-state index in [2.05, 4.69) is 10.2 Å². The summed E-state index contributed by atoms with van der Waals surface area (Å²) >= 11 is 0. The van der Waals surface area contributed by atoms with E-state index < -0.39 is 9.84 Å². The van der Waals surface area contributed by atoms with E-state index in [9.17, 15) is 12.8 Å². The quantitative estimate of drug-likeness (QED) is 0.863. The average molecular weight is 342 g/mol. The first-order valence-electron chi connectivity index (χ1n) is 8.28. The predicted molar refractivity (Wildman–Crippen MR) is 93.3 cm³/mol. The van der Waals surface area contributed by atoms with Gasteiger partial charge in [0.1, 0.15) is 5.82 Å². The number of benzene rings is 1. The van der Waals surface area contributed by atoms with Crippen molar-refractivity contribution >= 4 is 15.5 Å². The molecule has 1 saturated heterocycles. The number of sulfone groups is 1. The van der Waals surface area contributed by atoms with Crippen molar-refractivity contribution in [1.82, 2.24) is 5.32 Å². The van der Waals surface area contributed by atoms with Crippen molar-refractivity contribution in [3.8, 4) is 0 Å². The second-order valence-corrected chi connectivity index (χ2v) is 8.88. The Morgan fingerprint density at radius 3 is 2.83 bits per heavy atom. The van der Waals surface area contributed by atoms with E-state index in [0.29, 0.717) is 0 Å². The standard InChI is InChI=1S/C17H27FN2O2S/c1-4-23(21,22)12-14(3)19-16-6-5-9-20(11-16)17-8-7-15(18)10-13(17)2/h7-8,10,14,16,19H,4-6,9,11-12H2,1-3H3/t14-,16-/m0/s1. The van der Waals surface area contributed by atoms with Gasteiger partial charge in [-0.05, 0) is 50.5 Å². The van der Waals surface area contributed by atoms with E-state index in [0.717, 1.165) is 37.2 Å². The van der Waals surface area contributed by atoms with Crippen LogP contribution in [0.3, 0.4) is 0 Å². The number of piperidine rings is 1. The van der Waals surface area contributed by atoms with Gasteiger partial charge in [-0.15, -0.1) is 0 Å².